The molecule has 0 aromatic rings. The summed E-state index contributed by atoms with van der Waals surface area (Å²) in [6, 6.07) is -1.05. The van der Waals surface area contributed by atoms with E-state index >= 15 is 0 Å². The number of nitrogens with one attached hydrogen (secondary N) is 1. The summed E-state index contributed by atoms with van der Waals surface area (Å²) in [6.45, 7) is 1.90. The van der Waals surface area contributed by atoms with E-state index in [9.17, 15) is 9.90 Å². The second-order valence-corrected chi connectivity index (χ2v) is 6.99. The van der Waals surface area contributed by atoms with Crippen molar-refractivity contribution in [2.75, 3.05) is 13.2 Å². The van der Waals surface area contributed by atoms with Gasteiger partial charge in [0.05, 0.1) is 18.7 Å². The van der Waals surface area contributed by atoms with Crippen molar-refractivity contribution in [3.63, 3.8) is 0 Å². The fraction of sp³-hybridized carbons (Fsp3) is 0.900. The second-order valence-electron chi connectivity index (χ2n) is 4.47. The monoisotopic (exact) mass is 333 g/mol. The van der Waals surface area contributed by atoms with Gasteiger partial charge in [-0.25, -0.2) is 5.43 Å². The number of carbonyl (C=O) groups excluding carboxylic acids is 1. The van der Waals surface area contributed by atoms with E-state index in [1.807, 2.05) is 0 Å². The third-order valence-electron chi connectivity index (χ3n) is 2.64. The molecule has 1 aliphatic rings. The summed E-state index contributed by atoms with van der Waals surface area (Å²) < 4.78 is 3.48. The molecular weight excluding hydrogens is 316 g/mol. The molecular formula is C10H18Cl3N3O3. The van der Waals surface area contributed by atoms with Crippen LogP contribution in [0.5, 0.6) is 0 Å². The molecule has 3 atom stereocenters. The highest BCUT2D eigenvalue weighted by molar-refractivity contribution is 6.67. The largest absolute Gasteiger partial charge is 0.367 e. The van der Waals surface area contributed by atoms with Crippen molar-refractivity contribution >= 4 is 40.7 Å². The van der Waals surface area contributed by atoms with Crippen molar-refractivity contribution in [3.05, 3.63) is 0 Å². The second kappa shape index (κ2) is 7.26. The van der Waals surface area contributed by atoms with Crippen molar-refractivity contribution in [1.29, 1.82) is 0 Å². The Bertz CT molecular complexity index is 312. The lowest BCUT2D eigenvalue weighted by molar-refractivity contribution is -0.154. The number of hydrogen-bond donors (Lipinski definition) is 3. The van der Waals surface area contributed by atoms with Gasteiger partial charge in [-0.15, -0.1) is 0 Å². The summed E-state index contributed by atoms with van der Waals surface area (Å²) in [7, 11) is 0. The topological polar surface area (TPSA) is 87.8 Å². The van der Waals surface area contributed by atoms with E-state index < -0.39 is 22.2 Å². The van der Waals surface area contributed by atoms with Gasteiger partial charge in [0, 0.05) is 6.54 Å². The minimum absolute atomic E-state index is 0.238. The van der Waals surface area contributed by atoms with E-state index in [0.717, 1.165) is 6.42 Å². The molecule has 0 aromatic carbocycles. The zero-order valence-corrected chi connectivity index (χ0v) is 12.8. The first-order valence-corrected chi connectivity index (χ1v) is 7.03. The van der Waals surface area contributed by atoms with Crippen molar-refractivity contribution in [3.8, 4) is 0 Å². The van der Waals surface area contributed by atoms with Crippen molar-refractivity contribution < 1.29 is 14.6 Å². The molecule has 1 fully saturated rings. The third-order valence-corrected chi connectivity index (χ3v) is 2.96. The lowest BCUT2D eigenvalue weighted by Crippen LogP contribution is -2.59. The molecule has 3 unspecified atom stereocenters. The molecule has 4 N–H and O–H groups in total. The average molecular weight is 335 g/mol. The molecule has 1 saturated heterocycles. The maximum absolute atomic E-state index is 11.7. The van der Waals surface area contributed by atoms with Gasteiger partial charge in [-0.05, 0) is 19.8 Å². The Morgan fingerprint density at radius 2 is 2.26 bits per heavy atom. The van der Waals surface area contributed by atoms with Crippen molar-refractivity contribution in [1.82, 2.24) is 10.4 Å². The van der Waals surface area contributed by atoms with Gasteiger partial charge in [0.2, 0.25) is 3.79 Å². The van der Waals surface area contributed by atoms with Crippen LogP contribution in [-0.4, -0.2) is 51.3 Å². The number of amides is 1. The predicted octanol–water partition coefficient (Wildman–Crippen LogP) is 0.534. The molecule has 112 valence electrons. The Morgan fingerprint density at radius 1 is 1.63 bits per heavy atom. The molecule has 1 amide bonds. The number of hydrogen-bond acceptors (Lipinski definition) is 5. The van der Waals surface area contributed by atoms with E-state index in [1.54, 1.807) is 6.92 Å². The molecule has 9 heteroatoms. The quantitative estimate of drug-likeness (QED) is 0.516. The first-order valence-electron chi connectivity index (χ1n) is 5.90. The smallest absolute Gasteiger partial charge is 0.253 e. The third kappa shape index (κ3) is 5.99. The maximum atomic E-state index is 11.7. The van der Waals surface area contributed by atoms with Gasteiger partial charge < -0.3 is 15.6 Å². The summed E-state index contributed by atoms with van der Waals surface area (Å²) in [5.74, 6) is -0.238. The van der Waals surface area contributed by atoms with Crippen LogP contribution in [0.15, 0.2) is 0 Å². The molecule has 1 rings (SSSR count). The van der Waals surface area contributed by atoms with Crippen LogP contribution in [0.2, 0.25) is 0 Å². The number of carbonyl (C=O) groups is 1. The summed E-state index contributed by atoms with van der Waals surface area (Å²) in [5, 5.41) is 11.2. The Hall–Kier alpha value is 0.180. The SMILES string of the molecule is CC(N)C(=O)N1CCCC(C(O)OCC(Cl)(Cl)Cl)N1. The lowest BCUT2D eigenvalue weighted by Gasteiger charge is -2.36. The van der Waals surface area contributed by atoms with Gasteiger partial charge >= 0.3 is 0 Å². The number of nitrogens with two attached hydrogens (primary N) is 1. The van der Waals surface area contributed by atoms with Crippen LogP contribution in [0.4, 0.5) is 0 Å². The maximum Gasteiger partial charge on any atom is 0.253 e. The highest BCUT2D eigenvalue weighted by Gasteiger charge is 2.31. The molecule has 1 aliphatic heterocycles. The van der Waals surface area contributed by atoms with Crippen LogP contribution in [0.25, 0.3) is 0 Å². The van der Waals surface area contributed by atoms with E-state index in [0.29, 0.717) is 13.0 Å². The normalized spacial score (nSPS) is 24.1. The molecule has 0 saturated carbocycles. The Kier molecular flexibility index (Phi) is 6.59. The van der Waals surface area contributed by atoms with Crippen LogP contribution in [0.1, 0.15) is 19.8 Å². The summed E-state index contributed by atoms with van der Waals surface area (Å²) in [6.07, 6.45) is 0.202. The number of rotatable bonds is 4. The summed E-state index contributed by atoms with van der Waals surface area (Å²) in [5.41, 5.74) is 8.40. The van der Waals surface area contributed by atoms with Crippen molar-refractivity contribution in [2.24, 2.45) is 5.73 Å². The van der Waals surface area contributed by atoms with Gasteiger partial charge in [0.25, 0.3) is 5.91 Å². The number of aliphatic hydroxyl groups is 1. The van der Waals surface area contributed by atoms with Crippen LogP contribution in [0, 0.1) is 0 Å². The number of halogens is 3. The Morgan fingerprint density at radius 3 is 2.79 bits per heavy atom. The number of alkyl halides is 3. The van der Waals surface area contributed by atoms with Gasteiger partial charge in [0.1, 0.15) is 0 Å². The Balaban J connectivity index is 2.48. The molecule has 6 nitrogen and oxygen atoms in total. The zero-order valence-electron chi connectivity index (χ0n) is 10.5. The van der Waals surface area contributed by atoms with Crippen LogP contribution in [0.3, 0.4) is 0 Å². The first-order chi connectivity index (χ1) is 8.70. The predicted molar refractivity (Wildman–Crippen MR) is 73.8 cm³/mol. The molecule has 0 spiro atoms. The fourth-order valence-electron chi connectivity index (χ4n) is 1.72. The van der Waals surface area contributed by atoms with Crippen molar-refractivity contribution in [2.45, 2.75) is 41.9 Å². The molecule has 19 heavy (non-hydrogen) atoms. The highest BCUT2D eigenvalue weighted by atomic mass is 35.6. The standard InChI is InChI=1S/C10H18Cl3N3O3/c1-6(14)8(17)16-4-2-3-7(15-16)9(18)19-5-10(11,12)13/h6-7,9,15,18H,2-5,14H2,1H3. The average Bonchev–Trinajstić information content (AvgIpc) is 2.34. The number of aliphatic hydroxyl groups excluding tert-OH is 1. The molecule has 1 heterocycles. The first kappa shape index (κ1) is 17.2. The molecule has 0 radical (unpaired) electrons. The van der Waals surface area contributed by atoms with Gasteiger partial charge in [-0.3, -0.25) is 9.80 Å². The zero-order chi connectivity index (χ0) is 14.6. The van der Waals surface area contributed by atoms with Crippen LogP contribution in [-0.2, 0) is 9.53 Å². The van der Waals surface area contributed by atoms with Gasteiger partial charge in [-0.1, -0.05) is 34.8 Å². The molecule has 0 aromatic heterocycles. The highest BCUT2D eigenvalue weighted by Crippen LogP contribution is 2.26. The summed E-state index contributed by atoms with van der Waals surface area (Å²) in [4.78, 5) is 11.7. The number of nitrogens with zero attached hydrogens (tertiary/aromatic N) is 1. The number of hydrazine groups is 1. The summed E-state index contributed by atoms with van der Waals surface area (Å²) >= 11 is 16.6. The molecule has 0 aliphatic carbocycles. The van der Waals surface area contributed by atoms with E-state index in [1.165, 1.54) is 5.01 Å². The van der Waals surface area contributed by atoms with E-state index in [4.69, 9.17) is 45.3 Å². The van der Waals surface area contributed by atoms with Gasteiger partial charge in [0.15, 0.2) is 6.29 Å². The van der Waals surface area contributed by atoms with Crippen LogP contribution < -0.4 is 11.2 Å². The number of ether oxygens (including phenoxy) is 1. The minimum Gasteiger partial charge on any atom is -0.367 e. The minimum atomic E-state index is -1.59. The van der Waals surface area contributed by atoms with E-state index in [2.05, 4.69) is 5.43 Å². The molecule has 0 bridgehead atoms. The Labute approximate surface area is 127 Å². The van der Waals surface area contributed by atoms with Crippen LogP contribution >= 0.6 is 34.8 Å². The van der Waals surface area contributed by atoms with Gasteiger partial charge in [-0.2, -0.15) is 0 Å². The van der Waals surface area contributed by atoms with E-state index in [-0.39, 0.29) is 12.5 Å². The lowest BCUT2D eigenvalue weighted by atomic mass is 10.1. The fourth-order valence-corrected chi connectivity index (χ4v) is 1.91.